The van der Waals surface area contributed by atoms with E-state index < -0.39 is 0 Å². The average Bonchev–Trinajstić information content (AvgIpc) is 2.74. The number of rotatable bonds is 5. The lowest BCUT2D eigenvalue weighted by Crippen LogP contribution is -2.31. The number of hydrogen-bond donors (Lipinski definition) is 1. The molecular formula is C14H26N4O. The van der Waals surface area contributed by atoms with Gasteiger partial charge >= 0.3 is 0 Å². The fraction of sp³-hybridized carbons (Fsp3) is 0.857. The monoisotopic (exact) mass is 266 g/mol. The molecule has 0 radical (unpaired) electrons. The summed E-state index contributed by atoms with van der Waals surface area (Å²) in [5.74, 6) is 1.76. The predicted octanol–water partition coefficient (Wildman–Crippen LogP) is 2.55. The van der Waals surface area contributed by atoms with Crippen LogP contribution in [0.25, 0.3) is 0 Å². The molecule has 1 saturated heterocycles. The van der Waals surface area contributed by atoms with E-state index in [0.29, 0.717) is 6.04 Å². The van der Waals surface area contributed by atoms with E-state index in [1.165, 1.54) is 25.7 Å². The van der Waals surface area contributed by atoms with Gasteiger partial charge in [-0.3, -0.25) is 0 Å². The van der Waals surface area contributed by atoms with Gasteiger partial charge in [-0.05, 0) is 31.5 Å². The Kier molecular flexibility index (Phi) is 5.19. The summed E-state index contributed by atoms with van der Waals surface area (Å²) in [7, 11) is 0. The molecule has 108 valence electrons. The van der Waals surface area contributed by atoms with E-state index in [4.69, 9.17) is 4.52 Å². The first kappa shape index (κ1) is 14.3. The van der Waals surface area contributed by atoms with Crippen molar-refractivity contribution >= 4 is 5.95 Å². The molecule has 0 bridgehead atoms. The summed E-state index contributed by atoms with van der Waals surface area (Å²) in [5.41, 5.74) is 0. The minimum atomic E-state index is 0.244. The van der Waals surface area contributed by atoms with Crippen LogP contribution in [0.3, 0.4) is 0 Å². The summed E-state index contributed by atoms with van der Waals surface area (Å²) in [6.45, 7) is 9.46. The normalized spacial score (nSPS) is 20.1. The molecule has 1 aliphatic rings. The molecule has 2 atom stereocenters. The number of aromatic nitrogens is 2. The lowest BCUT2D eigenvalue weighted by Gasteiger charge is -2.18. The van der Waals surface area contributed by atoms with E-state index in [2.05, 4.69) is 41.1 Å². The Morgan fingerprint density at radius 2 is 1.89 bits per heavy atom. The second-order valence-electron chi connectivity index (χ2n) is 5.47. The summed E-state index contributed by atoms with van der Waals surface area (Å²) in [5, 5.41) is 7.56. The largest absolute Gasteiger partial charge is 0.338 e. The van der Waals surface area contributed by atoms with Crippen molar-refractivity contribution in [2.45, 2.75) is 58.4 Å². The molecule has 2 heterocycles. The Labute approximate surface area is 115 Å². The van der Waals surface area contributed by atoms with Gasteiger partial charge in [0, 0.05) is 19.1 Å². The zero-order chi connectivity index (χ0) is 13.7. The molecule has 19 heavy (non-hydrogen) atoms. The van der Waals surface area contributed by atoms with Crippen LogP contribution in [0.2, 0.25) is 0 Å². The van der Waals surface area contributed by atoms with Crippen molar-refractivity contribution in [2.75, 3.05) is 24.5 Å². The molecule has 0 aliphatic carbocycles. The first-order valence-corrected chi connectivity index (χ1v) is 7.54. The summed E-state index contributed by atoms with van der Waals surface area (Å²) < 4.78 is 5.45. The second kappa shape index (κ2) is 6.89. The highest BCUT2D eigenvalue weighted by molar-refractivity contribution is 5.28. The summed E-state index contributed by atoms with van der Waals surface area (Å²) in [6.07, 6.45) is 5.09. The number of hydrogen-bond acceptors (Lipinski definition) is 5. The lowest BCUT2D eigenvalue weighted by molar-refractivity contribution is 0.332. The van der Waals surface area contributed by atoms with Crippen LogP contribution in [-0.2, 0) is 0 Å². The van der Waals surface area contributed by atoms with E-state index in [0.717, 1.165) is 31.5 Å². The van der Waals surface area contributed by atoms with Crippen LogP contribution in [0.5, 0.6) is 0 Å². The molecule has 5 nitrogen and oxygen atoms in total. The SMILES string of the molecule is CCNC(C)C(C)c1nc(N2CCCCCC2)no1. The minimum absolute atomic E-state index is 0.244. The highest BCUT2D eigenvalue weighted by atomic mass is 16.5. The fourth-order valence-electron chi connectivity index (χ4n) is 2.52. The summed E-state index contributed by atoms with van der Waals surface area (Å²) >= 11 is 0. The van der Waals surface area contributed by atoms with Crippen LogP contribution in [-0.4, -0.2) is 35.8 Å². The van der Waals surface area contributed by atoms with E-state index in [1.54, 1.807) is 0 Å². The molecule has 2 unspecified atom stereocenters. The lowest BCUT2D eigenvalue weighted by atomic mass is 10.0. The molecule has 1 aromatic rings. The van der Waals surface area contributed by atoms with Gasteiger partial charge in [0.1, 0.15) is 0 Å². The van der Waals surface area contributed by atoms with E-state index in [-0.39, 0.29) is 5.92 Å². The van der Waals surface area contributed by atoms with Crippen LogP contribution in [0.15, 0.2) is 4.52 Å². The van der Waals surface area contributed by atoms with Crippen molar-refractivity contribution in [1.29, 1.82) is 0 Å². The third-order valence-electron chi connectivity index (χ3n) is 3.99. The zero-order valence-electron chi connectivity index (χ0n) is 12.4. The molecule has 5 heteroatoms. The molecule has 0 saturated carbocycles. The fourth-order valence-corrected chi connectivity index (χ4v) is 2.52. The van der Waals surface area contributed by atoms with Crippen LogP contribution in [0, 0.1) is 0 Å². The quantitative estimate of drug-likeness (QED) is 0.887. The van der Waals surface area contributed by atoms with Gasteiger partial charge in [-0.15, -0.1) is 0 Å². The third-order valence-corrected chi connectivity index (χ3v) is 3.99. The Morgan fingerprint density at radius 3 is 2.53 bits per heavy atom. The molecule has 0 spiro atoms. The van der Waals surface area contributed by atoms with Gasteiger partial charge in [0.05, 0.1) is 5.92 Å². The molecule has 1 aromatic heterocycles. The Bertz CT molecular complexity index is 371. The van der Waals surface area contributed by atoms with Crippen LogP contribution in [0.1, 0.15) is 58.3 Å². The van der Waals surface area contributed by atoms with Gasteiger partial charge < -0.3 is 14.7 Å². The van der Waals surface area contributed by atoms with Crippen molar-refractivity contribution in [2.24, 2.45) is 0 Å². The molecular weight excluding hydrogens is 240 g/mol. The molecule has 0 aromatic carbocycles. The Hall–Kier alpha value is -1.10. The molecule has 0 amide bonds. The van der Waals surface area contributed by atoms with Crippen molar-refractivity contribution in [3.63, 3.8) is 0 Å². The van der Waals surface area contributed by atoms with Crippen molar-refractivity contribution in [3.8, 4) is 0 Å². The highest BCUT2D eigenvalue weighted by Crippen LogP contribution is 2.21. The molecule has 2 rings (SSSR count). The van der Waals surface area contributed by atoms with Gasteiger partial charge in [0.25, 0.3) is 5.95 Å². The average molecular weight is 266 g/mol. The maximum Gasteiger partial charge on any atom is 0.266 e. The van der Waals surface area contributed by atoms with Crippen molar-refractivity contribution in [3.05, 3.63) is 5.89 Å². The highest BCUT2D eigenvalue weighted by Gasteiger charge is 2.22. The third kappa shape index (κ3) is 3.69. The van der Waals surface area contributed by atoms with Gasteiger partial charge in [-0.1, -0.05) is 26.7 Å². The van der Waals surface area contributed by atoms with Gasteiger partial charge in [0.15, 0.2) is 0 Å². The summed E-state index contributed by atoms with van der Waals surface area (Å²) in [6, 6.07) is 0.349. The number of anilines is 1. The van der Waals surface area contributed by atoms with E-state index >= 15 is 0 Å². The number of nitrogens with one attached hydrogen (secondary N) is 1. The number of likely N-dealkylation sites (N-methyl/N-ethyl adjacent to an activating group) is 1. The van der Waals surface area contributed by atoms with E-state index in [9.17, 15) is 0 Å². The Morgan fingerprint density at radius 1 is 1.21 bits per heavy atom. The zero-order valence-corrected chi connectivity index (χ0v) is 12.4. The van der Waals surface area contributed by atoms with Gasteiger partial charge in [0.2, 0.25) is 5.89 Å². The summed E-state index contributed by atoms with van der Waals surface area (Å²) in [4.78, 5) is 6.84. The van der Waals surface area contributed by atoms with Gasteiger partial charge in [-0.2, -0.15) is 4.98 Å². The number of nitrogens with zero attached hydrogens (tertiary/aromatic N) is 3. The van der Waals surface area contributed by atoms with Crippen molar-refractivity contribution in [1.82, 2.24) is 15.5 Å². The van der Waals surface area contributed by atoms with Gasteiger partial charge in [-0.25, -0.2) is 0 Å². The molecule has 1 fully saturated rings. The molecule has 1 N–H and O–H groups in total. The maximum absolute atomic E-state index is 5.45. The molecule has 1 aliphatic heterocycles. The van der Waals surface area contributed by atoms with E-state index in [1.807, 2.05) is 0 Å². The smallest absolute Gasteiger partial charge is 0.266 e. The maximum atomic E-state index is 5.45. The Balaban J connectivity index is 2.01. The predicted molar refractivity (Wildman–Crippen MR) is 76.5 cm³/mol. The van der Waals surface area contributed by atoms with Crippen molar-refractivity contribution < 1.29 is 4.52 Å². The second-order valence-corrected chi connectivity index (χ2v) is 5.47. The van der Waals surface area contributed by atoms with Crippen LogP contribution >= 0.6 is 0 Å². The van der Waals surface area contributed by atoms with Crippen LogP contribution < -0.4 is 10.2 Å². The standard InChI is InChI=1S/C14H26N4O/c1-4-15-12(3)11(2)13-16-14(17-19-13)18-9-7-5-6-8-10-18/h11-12,15H,4-10H2,1-3H3. The van der Waals surface area contributed by atoms with Crippen LogP contribution in [0.4, 0.5) is 5.95 Å². The minimum Gasteiger partial charge on any atom is -0.338 e. The first-order valence-electron chi connectivity index (χ1n) is 7.54. The first-order chi connectivity index (χ1) is 9.22. The topological polar surface area (TPSA) is 54.2 Å².